The number of anilines is 2. The molecule has 0 fully saturated rings. The maximum atomic E-state index is 12.3. The number of hydrogen-bond acceptors (Lipinski definition) is 3. The minimum absolute atomic E-state index is 0.0137. The van der Waals surface area contributed by atoms with E-state index in [1.165, 1.54) is 5.56 Å². The molecule has 4 heteroatoms. The third-order valence-corrected chi connectivity index (χ3v) is 3.80. The van der Waals surface area contributed by atoms with E-state index < -0.39 is 0 Å². The zero-order valence-corrected chi connectivity index (χ0v) is 15.1. The molecule has 0 saturated heterocycles. The Morgan fingerprint density at radius 2 is 1.79 bits per heavy atom. The van der Waals surface area contributed by atoms with Crippen molar-refractivity contribution < 1.29 is 9.53 Å². The van der Waals surface area contributed by atoms with E-state index in [-0.39, 0.29) is 17.9 Å². The summed E-state index contributed by atoms with van der Waals surface area (Å²) in [5, 5.41) is 6.14. The molecule has 128 valence electrons. The number of nitrogens with one attached hydrogen (secondary N) is 2. The van der Waals surface area contributed by atoms with Gasteiger partial charge in [-0.3, -0.25) is 4.79 Å². The monoisotopic (exact) mass is 326 g/mol. The zero-order valence-electron chi connectivity index (χ0n) is 15.1. The molecule has 1 amide bonds. The number of ether oxygens (including phenoxy) is 1. The van der Waals surface area contributed by atoms with E-state index in [4.69, 9.17) is 4.74 Å². The second kappa shape index (κ2) is 7.39. The van der Waals surface area contributed by atoms with E-state index >= 15 is 0 Å². The molecule has 24 heavy (non-hydrogen) atoms. The highest BCUT2D eigenvalue weighted by Crippen LogP contribution is 2.29. The standard InChI is InChI=1S/C20H26N2O2/c1-14-10-11-18(24-5)17(12-14)22-19(23)13-21-16-9-7-6-8-15(16)20(2,3)4/h6-12,21H,13H2,1-5H3,(H,22,23). The number of carbonyl (C=O) groups excluding carboxylic acids is 1. The summed E-state index contributed by atoms with van der Waals surface area (Å²) >= 11 is 0. The molecule has 0 aliphatic rings. The molecule has 0 unspecified atom stereocenters. The highest BCUT2D eigenvalue weighted by Gasteiger charge is 2.17. The first-order chi connectivity index (χ1) is 11.3. The molecule has 0 spiro atoms. The van der Waals surface area contributed by atoms with Crippen LogP contribution >= 0.6 is 0 Å². The van der Waals surface area contributed by atoms with Gasteiger partial charge in [-0.1, -0.05) is 45.0 Å². The van der Waals surface area contributed by atoms with Crippen molar-refractivity contribution in [3.05, 3.63) is 53.6 Å². The fourth-order valence-corrected chi connectivity index (χ4v) is 2.58. The van der Waals surface area contributed by atoms with Crippen LogP contribution < -0.4 is 15.4 Å². The van der Waals surface area contributed by atoms with Crippen LogP contribution in [0.15, 0.2) is 42.5 Å². The fourth-order valence-electron chi connectivity index (χ4n) is 2.58. The predicted octanol–water partition coefficient (Wildman–Crippen LogP) is 4.35. The van der Waals surface area contributed by atoms with Crippen LogP contribution in [0.5, 0.6) is 5.75 Å². The lowest BCUT2D eigenvalue weighted by atomic mass is 9.86. The van der Waals surface area contributed by atoms with Crippen molar-refractivity contribution in [2.24, 2.45) is 0 Å². The number of aryl methyl sites for hydroxylation is 1. The van der Waals surface area contributed by atoms with Gasteiger partial charge in [0, 0.05) is 5.69 Å². The van der Waals surface area contributed by atoms with E-state index in [0.29, 0.717) is 11.4 Å². The molecule has 0 atom stereocenters. The average Bonchev–Trinajstić information content (AvgIpc) is 2.52. The third-order valence-electron chi connectivity index (χ3n) is 3.80. The molecule has 2 rings (SSSR count). The number of amides is 1. The van der Waals surface area contributed by atoms with Gasteiger partial charge in [0.1, 0.15) is 5.75 Å². The second-order valence-corrected chi connectivity index (χ2v) is 6.90. The summed E-state index contributed by atoms with van der Waals surface area (Å²) in [6.45, 7) is 8.65. The van der Waals surface area contributed by atoms with E-state index in [9.17, 15) is 4.79 Å². The van der Waals surface area contributed by atoms with Gasteiger partial charge in [-0.2, -0.15) is 0 Å². The van der Waals surface area contributed by atoms with Gasteiger partial charge in [-0.05, 0) is 41.7 Å². The van der Waals surface area contributed by atoms with Gasteiger partial charge in [-0.25, -0.2) is 0 Å². The van der Waals surface area contributed by atoms with Crippen LogP contribution in [0.25, 0.3) is 0 Å². The van der Waals surface area contributed by atoms with Gasteiger partial charge in [0.25, 0.3) is 0 Å². The normalized spacial score (nSPS) is 11.0. The number of hydrogen-bond donors (Lipinski definition) is 2. The van der Waals surface area contributed by atoms with Crippen LogP contribution in [0, 0.1) is 6.92 Å². The second-order valence-electron chi connectivity index (χ2n) is 6.90. The summed E-state index contributed by atoms with van der Waals surface area (Å²) in [5.74, 6) is 0.548. The van der Waals surface area contributed by atoms with Crippen molar-refractivity contribution in [2.45, 2.75) is 33.1 Å². The van der Waals surface area contributed by atoms with Gasteiger partial charge in [-0.15, -0.1) is 0 Å². The molecule has 0 bridgehead atoms. The molecule has 0 saturated carbocycles. The third kappa shape index (κ3) is 4.51. The Hall–Kier alpha value is -2.49. The Bertz CT molecular complexity index is 718. The van der Waals surface area contributed by atoms with Crippen LogP contribution in [0.2, 0.25) is 0 Å². The molecule has 0 aliphatic heterocycles. The van der Waals surface area contributed by atoms with Crippen molar-refractivity contribution in [1.29, 1.82) is 0 Å². The number of methoxy groups -OCH3 is 1. The molecular weight excluding hydrogens is 300 g/mol. The summed E-state index contributed by atoms with van der Waals surface area (Å²) < 4.78 is 5.29. The lowest BCUT2D eigenvalue weighted by Gasteiger charge is -2.23. The van der Waals surface area contributed by atoms with Crippen molar-refractivity contribution >= 4 is 17.3 Å². The summed E-state index contributed by atoms with van der Waals surface area (Å²) in [7, 11) is 1.60. The molecule has 2 aromatic carbocycles. The summed E-state index contributed by atoms with van der Waals surface area (Å²) in [4.78, 5) is 12.3. The van der Waals surface area contributed by atoms with E-state index in [1.54, 1.807) is 7.11 Å². The minimum Gasteiger partial charge on any atom is -0.495 e. The summed E-state index contributed by atoms with van der Waals surface area (Å²) in [6.07, 6.45) is 0. The molecule has 2 aromatic rings. The zero-order chi connectivity index (χ0) is 17.7. The predicted molar refractivity (Wildman–Crippen MR) is 100.0 cm³/mol. The van der Waals surface area contributed by atoms with Gasteiger partial charge in [0.15, 0.2) is 0 Å². The number of carbonyl (C=O) groups is 1. The Morgan fingerprint density at radius 3 is 2.46 bits per heavy atom. The molecule has 2 N–H and O–H groups in total. The average molecular weight is 326 g/mol. The van der Waals surface area contributed by atoms with Crippen LogP contribution in [0.4, 0.5) is 11.4 Å². The maximum Gasteiger partial charge on any atom is 0.243 e. The number of para-hydroxylation sites is 1. The van der Waals surface area contributed by atoms with Crippen LogP contribution in [-0.4, -0.2) is 19.6 Å². The molecule has 0 heterocycles. The smallest absolute Gasteiger partial charge is 0.243 e. The fraction of sp³-hybridized carbons (Fsp3) is 0.350. The maximum absolute atomic E-state index is 12.3. The van der Waals surface area contributed by atoms with Crippen LogP contribution in [0.1, 0.15) is 31.9 Å². The van der Waals surface area contributed by atoms with Gasteiger partial charge >= 0.3 is 0 Å². The molecule has 4 nitrogen and oxygen atoms in total. The Labute approximate surface area is 144 Å². The van der Waals surface area contributed by atoms with Crippen molar-refractivity contribution in [2.75, 3.05) is 24.3 Å². The van der Waals surface area contributed by atoms with Gasteiger partial charge < -0.3 is 15.4 Å². The Balaban J connectivity index is 2.06. The first-order valence-electron chi connectivity index (χ1n) is 8.09. The van der Waals surface area contributed by atoms with E-state index in [2.05, 4.69) is 37.5 Å². The molecule has 0 radical (unpaired) electrons. The molecule has 0 aromatic heterocycles. The van der Waals surface area contributed by atoms with Crippen LogP contribution in [0.3, 0.4) is 0 Å². The quantitative estimate of drug-likeness (QED) is 0.859. The lowest BCUT2D eigenvalue weighted by Crippen LogP contribution is -2.24. The van der Waals surface area contributed by atoms with Crippen molar-refractivity contribution in [1.82, 2.24) is 0 Å². The van der Waals surface area contributed by atoms with Crippen molar-refractivity contribution in [3.63, 3.8) is 0 Å². The highest BCUT2D eigenvalue weighted by atomic mass is 16.5. The van der Waals surface area contributed by atoms with Crippen LogP contribution in [-0.2, 0) is 10.2 Å². The van der Waals surface area contributed by atoms with Gasteiger partial charge in [0.05, 0.1) is 19.3 Å². The minimum atomic E-state index is -0.109. The largest absolute Gasteiger partial charge is 0.495 e. The Kier molecular flexibility index (Phi) is 5.50. The summed E-state index contributed by atoms with van der Waals surface area (Å²) in [6, 6.07) is 13.8. The topological polar surface area (TPSA) is 50.4 Å². The van der Waals surface area contributed by atoms with Gasteiger partial charge in [0.2, 0.25) is 5.91 Å². The SMILES string of the molecule is COc1ccc(C)cc1NC(=O)CNc1ccccc1C(C)(C)C. The number of benzene rings is 2. The Morgan fingerprint density at radius 1 is 1.08 bits per heavy atom. The number of rotatable bonds is 5. The molecule has 0 aliphatic carbocycles. The first-order valence-corrected chi connectivity index (χ1v) is 8.09. The summed E-state index contributed by atoms with van der Waals surface area (Å²) in [5.41, 5.74) is 3.94. The van der Waals surface area contributed by atoms with Crippen molar-refractivity contribution in [3.8, 4) is 5.75 Å². The first kappa shape index (κ1) is 17.9. The highest BCUT2D eigenvalue weighted by molar-refractivity contribution is 5.95. The molecular formula is C20H26N2O2. The van der Waals surface area contributed by atoms with E-state index in [1.807, 2.05) is 43.3 Å². The van der Waals surface area contributed by atoms with E-state index in [0.717, 1.165) is 11.3 Å². The lowest BCUT2D eigenvalue weighted by molar-refractivity contribution is -0.114.